The van der Waals surface area contributed by atoms with Crippen molar-refractivity contribution in [3.63, 3.8) is 0 Å². The lowest BCUT2D eigenvalue weighted by Gasteiger charge is -2.36. The summed E-state index contributed by atoms with van der Waals surface area (Å²) in [6.07, 6.45) is 6.46. The smallest absolute Gasteiger partial charge is 0.0521 e. The molecular formula is C15H27N3S2. The highest BCUT2D eigenvalue weighted by Crippen LogP contribution is 2.37. The van der Waals surface area contributed by atoms with Crippen molar-refractivity contribution in [1.82, 2.24) is 15.1 Å². The minimum Gasteiger partial charge on any atom is -0.313 e. The van der Waals surface area contributed by atoms with Crippen LogP contribution < -0.4 is 5.32 Å². The van der Waals surface area contributed by atoms with Gasteiger partial charge in [-0.2, -0.15) is 28.6 Å². The fourth-order valence-corrected chi connectivity index (χ4v) is 5.79. The molecule has 0 spiro atoms. The average molecular weight is 314 g/mol. The maximum Gasteiger partial charge on any atom is 0.0521 e. The largest absolute Gasteiger partial charge is 0.313 e. The second-order valence-corrected chi connectivity index (χ2v) is 8.67. The van der Waals surface area contributed by atoms with E-state index in [1.807, 2.05) is 17.9 Å². The predicted octanol–water partition coefficient (Wildman–Crippen LogP) is 2.96. The van der Waals surface area contributed by atoms with E-state index in [9.17, 15) is 0 Å². The van der Waals surface area contributed by atoms with Gasteiger partial charge in [0.1, 0.15) is 0 Å². The molecule has 2 heterocycles. The number of nitrogens with one attached hydrogen (secondary N) is 1. The Labute approximate surface area is 131 Å². The first-order valence-corrected chi connectivity index (χ1v) is 9.57. The second-order valence-electron chi connectivity index (χ2n) is 5.64. The van der Waals surface area contributed by atoms with Crippen LogP contribution in [0.25, 0.3) is 0 Å². The van der Waals surface area contributed by atoms with E-state index in [0.29, 0.717) is 6.04 Å². The van der Waals surface area contributed by atoms with Crippen LogP contribution >= 0.6 is 23.5 Å². The van der Waals surface area contributed by atoms with Crippen LogP contribution in [-0.2, 0) is 13.5 Å². The summed E-state index contributed by atoms with van der Waals surface area (Å²) >= 11 is 4.32. The van der Waals surface area contributed by atoms with Crippen molar-refractivity contribution in [3.8, 4) is 0 Å². The minimum absolute atomic E-state index is 0.618. The van der Waals surface area contributed by atoms with Crippen LogP contribution in [0.5, 0.6) is 0 Å². The maximum absolute atomic E-state index is 4.26. The Balaban J connectivity index is 1.89. The van der Waals surface area contributed by atoms with E-state index in [1.165, 1.54) is 17.7 Å². The quantitative estimate of drug-likeness (QED) is 0.874. The molecule has 114 valence electrons. The standard InChI is InChI=1S/C15H27N3S2/c1-5-16-14(7-6-13-8-17-18(4)9-13)15-10-19-11(2)12(3)20-15/h8-9,11-12,14-16H,5-7,10H2,1-4H3. The van der Waals surface area contributed by atoms with E-state index in [1.54, 1.807) is 0 Å². The lowest BCUT2D eigenvalue weighted by atomic mass is 10.1. The van der Waals surface area contributed by atoms with Crippen LogP contribution in [0.1, 0.15) is 32.8 Å². The number of thioether (sulfide) groups is 2. The van der Waals surface area contributed by atoms with E-state index in [2.05, 4.69) is 60.9 Å². The van der Waals surface area contributed by atoms with Crippen molar-refractivity contribution in [2.75, 3.05) is 12.3 Å². The predicted molar refractivity (Wildman–Crippen MR) is 91.8 cm³/mol. The first kappa shape index (κ1) is 16.2. The summed E-state index contributed by atoms with van der Waals surface area (Å²) in [4.78, 5) is 0. The third-order valence-electron chi connectivity index (χ3n) is 3.99. The first-order chi connectivity index (χ1) is 9.60. The van der Waals surface area contributed by atoms with Gasteiger partial charge in [0.15, 0.2) is 0 Å². The molecule has 5 heteroatoms. The van der Waals surface area contributed by atoms with Crippen molar-refractivity contribution in [3.05, 3.63) is 18.0 Å². The third kappa shape index (κ3) is 4.43. The topological polar surface area (TPSA) is 29.9 Å². The Hall–Kier alpha value is -0.130. The molecule has 4 unspecified atom stereocenters. The summed E-state index contributed by atoms with van der Waals surface area (Å²) in [6.45, 7) is 8.00. The average Bonchev–Trinajstić information content (AvgIpc) is 2.84. The molecule has 3 nitrogen and oxygen atoms in total. The van der Waals surface area contributed by atoms with E-state index in [0.717, 1.165) is 28.7 Å². The normalized spacial score (nSPS) is 28.5. The monoisotopic (exact) mass is 313 g/mol. The molecule has 1 aliphatic rings. The van der Waals surface area contributed by atoms with Crippen LogP contribution in [0.3, 0.4) is 0 Å². The van der Waals surface area contributed by atoms with E-state index in [4.69, 9.17) is 0 Å². The van der Waals surface area contributed by atoms with Gasteiger partial charge in [0.05, 0.1) is 6.20 Å². The molecule has 1 aromatic heterocycles. The highest BCUT2D eigenvalue weighted by Gasteiger charge is 2.30. The molecule has 0 saturated carbocycles. The molecule has 1 fully saturated rings. The number of hydrogen-bond acceptors (Lipinski definition) is 4. The zero-order valence-electron chi connectivity index (χ0n) is 13.0. The van der Waals surface area contributed by atoms with Crippen LogP contribution in [0.15, 0.2) is 12.4 Å². The summed E-state index contributed by atoms with van der Waals surface area (Å²) in [5.41, 5.74) is 1.35. The van der Waals surface area contributed by atoms with Gasteiger partial charge in [-0.3, -0.25) is 4.68 Å². The lowest BCUT2D eigenvalue weighted by molar-refractivity contribution is 0.490. The third-order valence-corrected chi connectivity index (χ3v) is 7.54. The zero-order chi connectivity index (χ0) is 14.5. The van der Waals surface area contributed by atoms with Crippen molar-refractivity contribution in [2.45, 2.75) is 55.4 Å². The lowest BCUT2D eigenvalue weighted by Crippen LogP contribution is -2.43. The molecule has 0 aromatic carbocycles. The maximum atomic E-state index is 4.26. The van der Waals surface area contributed by atoms with Crippen LogP contribution in [0, 0.1) is 0 Å². The Morgan fingerprint density at radius 3 is 2.85 bits per heavy atom. The van der Waals surface area contributed by atoms with Crippen molar-refractivity contribution in [2.24, 2.45) is 7.05 Å². The molecule has 4 atom stereocenters. The summed E-state index contributed by atoms with van der Waals surface area (Å²) in [6, 6.07) is 0.618. The highest BCUT2D eigenvalue weighted by molar-refractivity contribution is 8.07. The molecule has 0 amide bonds. The van der Waals surface area contributed by atoms with E-state index >= 15 is 0 Å². The number of hydrogen-bond donors (Lipinski definition) is 1. The van der Waals surface area contributed by atoms with Gasteiger partial charge >= 0.3 is 0 Å². The SMILES string of the molecule is CCNC(CCc1cnn(C)c1)C1CSC(C)C(C)S1. The van der Waals surface area contributed by atoms with Gasteiger partial charge in [0.25, 0.3) is 0 Å². The molecule has 1 aliphatic heterocycles. The summed E-state index contributed by atoms with van der Waals surface area (Å²) in [7, 11) is 1.99. The number of rotatable bonds is 6. The molecule has 0 bridgehead atoms. The molecular weight excluding hydrogens is 286 g/mol. The van der Waals surface area contributed by atoms with Gasteiger partial charge in [0, 0.05) is 40.8 Å². The summed E-state index contributed by atoms with van der Waals surface area (Å²) in [5.74, 6) is 1.28. The second kappa shape index (κ2) is 7.76. The molecule has 1 saturated heterocycles. The van der Waals surface area contributed by atoms with E-state index in [-0.39, 0.29) is 0 Å². The van der Waals surface area contributed by atoms with Crippen molar-refractivity contribution in [1.29, 1.82) is 0 Å². The van der Waals surface area contributed by atoms with Gasteiger partial charge in [-0.1, -0.05) is 20.8 Å². The number of aromatic nitrogens is 2. The fourth-order valence-electron chi connectivity index (χ4n) is 2.62. The summed E-state index contributed by atoms with van der Waals surface area (Å²) < 4.78 is 1.90. The molecule has 20 heavy (non-hydrogen) atoms. The Morgan fingerprint density at radius 1 is 1.45 bits per heavy atom. The summed E-state index contributed by atoms with van der Waals surface area (Å²) in [5, 5.41) is 10.3. The van der Waals surface area contributed by atoms with Gasteiger partial charge < -0.3 is 5.32 Å². The first-order valence-electron chi connectivity index (χ1n) is 7.58. The van der Waals surface area contributed by atoms with Crippen molar-refractivity contribution < 1.29 is 0 Å². The molecule has 0 radical (unpaired) electrons. The molecule has 1 N–H and O–H groups in total. The van der Waals surface area contributed by atoms with Gasteiger partial charge in [0.2, 0.25) is 0 Å². The Kier molecular flexibility index (Phi) is 6.30. The van der Waals surface area contributed by atoms with Gasteiger partial charge in [-0.05, 0) is 24.9 Å². The minimum atomic E-state index is 0.618. The van der Waals surface area contributed by atoms with Crippen molar-refractivity contribution >= 4 is 23.5 Å². The van der Waals surface area contributed by atoms with E-state index < -0.39 is 0 Å². The Bertz CT molecular complexity index is 408. The zero-order valence-corrected chi connectivity index (χ0v) is 14.6. The number of aryl methyl sites for hydroxylation is 2. The molecule has 0 aliphatic carbocycles. The van der Waals surface area contributed by atoms with Crippen LogP contribution in [0.4, 0.5) is 0 Å². The van der Waals surface area contributed by atoms with Crippen LogP contribution in [-0.4, -0.2) is 43.9 Å². The molecule has 2 rings (SSSR count). The van der Waals surface area contributed by atoms with Gasteiger partial charge in [-0.25, -0.2) is 0 Å². The fraction of sp³-hybridized carbons (Fsp3) is 0.800. The van der Waals surface area contributed by atoms with Crippen LogP contribution in [0.2, 0.25) is 0 Å². The van der Waals surface area contributed by atoms with Gasteiger partial charge in [-0.15, -0.1) is 0 Å². The molecule has 1 aromatic rings. The Morgan fingerprint density at radius 2 is 2.25 bits per heavy atom. The number of nitrogens with zero attached hydrogens (tertiary/aromatic N) is 2. The highest BCUT2D eigenvalue weighted by atomic mass is 32.2.